The van der Waals surface area contributed by atoms with Crippen molar-refractivity contribution in [1.29, 1.82) is 0 Å². The van der Waals surface area contributed by atoms with E-state index in [4.69, 9.17) is 101 Å². The molecular weight excluding hydrogens is 1410 g/mol. The molecule has 0 saturated carbocycles. The van der Waals surface area contributed by atoms with Crippen LogP contribution in [0.15, 0.2) is 107 Å². The van der Waals surface area contributed by atoms with Gasteiger partial charge in [-0.25, -0.2) is 22.8 Å². The maximum Gasteiger partial charge on any atom is 0.332 e. The normalized spacial score (nSPS) is 11.3. The van der Waals surface area contributed by atoms with Gasteiger partial charge in [0.05, 0.1) is 32.0 Å². The van der Waals surface area contributed by atoms with Crippen molar-refractivity contribution < 1.29 is 28.5 Å². The van der Waals surface area contributed by atoms with Crippen molar-refractivity contribution in [3.63, 3.8) is 0 Å². The van der Waals surface area contributed by atoms with Crippen molar-refractivity contribution in [1.82, 2.24) is 56.1 Å². The zero-order chi connectivity index (χ0) is 69.6. The van der Waals surface area contributed by atoms with Gasteiger partial charge in [0.2, 0.25) is 20.3 Å². The number of hydrogen-bond acceptors (Lipinski definition) is 16. The Balaban J connectivity index is 0.000000242. The number of rotatable bonds is 25. The van der Waals surface area contributed by atoms with Crippen LogP contribution in [-0.2, 0) is 68.7 Å². The molecule has 0 unspecified atom stereocenters. The highest BCUT2D eigenvalue weighted by Gasteiger charge is 2.29. The second-order valence-corrected chi connectivity index (χ2v) is 26.7. The fourth-order valence-electron chi connectivity index (χ4n) is 9.59. The maximum absolute atomic E-state index is 13.3. The highest BCUT2D eigenvalue weighted by Crippen LogP contribution is 2.25. The summed E-state index contributed by atoms with van der Waals surface area (Å²) in [7, 11) is -3.79. The number of hydrogen-bond donors (Lipinski definition) is 4. The molecule has 6 aromatic heterocycles. The Morgan fingerprint density at radius 2 is 0.798 bits per heavy atom. The van der Waals surface area contributed by atoms with Gasteiger partial charge in [0.25, 0.3) is 22.7 Å². The molecule has 24 nitrogen and oxygen atoms in total. The van der Waals surface area contributed by atoms with Gasteiger partial charge in [-0.2, -0.15) is 27.6 Å². The number of alkyl halides is 3. The van der Waals surface area contributed by atoms with E-state index < -0.39 is 47.9 Å². The summed E-state index contributed by atoms with van der Waals surface area (Å²) in [5.74, 6) is 0.881. The minimum atomic E-state index is -3.79. The number of aliphatic hydroxyl groups is 3. The first kappa shape index (κ1) is 78.8. The molecule has 0 fully saturated rings. The Labute approximate surface area is 582 Å². The molecular formula is C61H77Cl7N12O12S2. The topological polar surface area (TPSA) is 290 Å². The molecule has 33 heteroatoms. The van der Waals surface area contributed by atoms with E-state index in [1.54, 1.807) is 78.4 Å². The molecule has 0 radical (unpaired) electrons. The third kappa shape index (κ3) is 19.9. The van der Waals surface area contributed by atoms with Gasteiger partial charge in [0, 0.05) is 74.2 Å². The van der Waals surface area contributed by atoms with Crippen LogP contribution in [0.3, 0.4) is 0 Å². The van der Waals surface area contributed by atoms with Crippen LogP contribution in [0.5, 0.6) is 6.01 Å². The quantitative estimate of drug-likeness (QED) is 0.0235. The molecule has 94 heavy (non-hydrogen) atoms. The highest BCUT2D eigenvalue weighted by molar-refractivity contribution is 7.91. The summed E-state index contributed by atoms with van der Waals surface area (Å²) in [4.78, 5) is 90.7. The van der Waals surface area contributed by atoms with Crippen LogP contribution in [-0.4, -0.2) is 122 Å². The minimum Gasteiger partial charge on any atom is -0.465 e. The first-order valence-electron chi connectivity index (χ1n) is 30.2. The third-order valence-corrected chi connectivity index (χ3v) is 17.3. The highest BCUT2D eigenvalue weighted by atomic mass is 35.6. The van der Waals surface area contributed by atoms with Gasteiger partial charge >= 0.3 is 17.1 Å². The molecule has 0 saturated heterocycles. The van der Waals surface area contributed by atoms with Crippen LogP contribution in [0.25, 0.3) is 33.5 Å². The van der Waals surface area contributed by atoms with Crippen LogP contribution in [0.1, 0.15) is 96.8 Å². The lowest BCUT2D eigenvalue weighted by Crippen LogP contribution is -2.40. The summed E-state index contributed by atoms with van der Waals surface area (Å²) in [6, 6.07) is 21.6. The zero-order valence-electron chi connectivity index (χ0n) is 52.7. The van der Waals surface area contributed by atoms with E-state index in [1.807, 2.05) is 38.1 Å². The van der Waals surface area contributed by atoms with Crippen molar-refractivity contribution in [2.45, 2.75) is 148 Å². The van der Waals surface area contributed by atoms with Crippen molar-refractivity contribution in [2.75, 3.05) is 37.9 Å². The number of aromatic nitrogens is 12. The Bertz CT molecular complexity index is 4440. The van der Waals surface area contributed by atoms with Crippen LogP contribution < -0.4 is 38.5 Å². The Morgan fingerprint density at radius 1 is 0.468 bits per heavy atom. The molecule has 0 atom stereocenters. The lowest BCUT2D eigenvalue weighted by atomic mass is 10.2. The van der Waals surface area contributed by atoms with E-state index in [-0.39, 0.29) is 97.5 Å². The molecule has 514 valence electrons. The number of aryl methyl sites for hydroxylation is 3. The number of ether oxygens (including phenoxy) is 1. The predicted octanol–water partition coefficient (Wildman–Crippen LogP) is 9.33. The fourth-order valence-corrected chi connectivity index (χ4v) is 11.6. The van der Waals surface area contributed by atoms with Crippen LogP contribution >= 0.6 is 93.8 Å². The molecule has 0 aliphatic heterocycles. The van der Waals surface area contributed by atoms with E-state index in [0.717, 1.165) is 42.6 Å². The number of imidazole rings is 3. The standard InChI is InChI=1S/C20H25ClN4O5S.C20H25ClN4O4.C17H18Cl2N4O3.C3H8S.CHCl3/c1-3-12-31(29,30)19-22-17-16(25(19)13-14-6-8-15(21)9-7-14)18(27)24(10-5-11-26)20(28)23(17)4-2;1-3-12-29-19-22-17-16(25(19)13-14-6-8-15(21)9-7-14)18(27)24(10-5-11-26)20(28)23(17)4-2;1-2-21-14-13(15(25)22(17(21)26)8-3-9-24)23(16(19)20-14)10-11-4-6-12(18)7-5-11;1-2-3-4;2-1(3)4/h6-9,26H,3-5,10-13H2,1-2H3;6-9,26H,3-5,10-13H2,1-2H3;4-7,24H,2-3,8-10H2,1H3;4H,2-3H2,1H3;1H. The second-order valence-electron chi connectivity index (χ2n) is 20.6. The summed E-state index contributed by atoms with van der Waals surface area (Å²) in [6.45, 7) is 13.2. The van der Waals surface area contributed by atoms with Crippen LogP contribution in [0.4, 0.5) is 0 Å². The van der Waals surface area contributed by atoms with Gasteiger partial charge in [0.15, 0.2) is 37.8 Å². The van der Waals surface area contributed by atoms with Crippen LogP contribution in [0, 0.1) is 0 Å². The summed E-state index contributed by atoms with van der Waals surface area (Å²) >= 11 is 42.5. The number of benzene rings is 3. The monoisotopic (exact) mass is 1480 g/mol. The number of nitrogens with zero attached hydrogens (tertiary/aromatic N) is 12. The van der Waals surface area contributed by atoms with E-state index in [9.17, 15) is 37.2 Å². The molecule has 3 aromatic carbocycles. The first-order valence-corrected chi connectivity index (χ1v) is 35.3. The lowest BCUT2D eigenvalue weighted by Gasteiger charge is -2.12. The molecule has 0 bridgehead atoms. The third-order valence-electron chi connectivity index (χ3n) is 14.0. The average molecular weight is 1480 g/mol. The molecule has 9 aromatic rings. The minimum absolute atomic E-state index is 0.0211. The maximum atomic E-state index is 13.3. The van der Waals surface area contributed by atoms with Crippen molar-refractivity contribution in [3.8, 4) is 6.01 Å². The van der Waals surface area contributed by atoms with Gasteiger partial charge in [-0.3, -0.25) is 46.4 Å². The van der Waals surface area contributed by atoms with Gasteiger partial charge in [-0.1, -0.05) is 127 Å². The van der Waals surface area contributed by atoms with Gasteiger partial charge in [-0.15, -0.1) is 0 Å². The van der Waals surface area contributed by atoms with Crippen molar-refractivity contribution in [2.24, 2.45) is 0 Å². The molecule has 6 heterocycles. The number of halogens is 7. The molecule has 0 spiro atoms. The smallest absolute Gasteiger partial charge is 0.332 e. The SMILES string of the molecule is CCCOc1nc2c(c(=O)n(CCCO)c(=O)n2CC)n1Cc1ccc(Cl)cc1.CCCS.CCCS(=O)(=O)c1nc2c(c(=O)n(CCCO)c(=O)n2CC)n1Cc1ccc(Cl)cc1.CCn1c(=O)n(CCCO)c(=O)c2c1nc(Cl)n2Cc1ccc(Cl)cc1.ClC(Cl)Cl. The largest absolute Gasteiger partial charge is 0.465 e. The second kappa shape index (κ2) is 38.2. The first-order chi connectivity index (χ1) is 44.9. The van der Waals surface area contributed by atoms with E-state index in [2.05, 4.69) is 34.5 Å². The van der Waals surface area contributed by atoms with Gasteiger partial charge in [0.1, 0.15) is 0 Å². The van der Waals surface area contributed by atoms with E-state index in [1.165, 1.54) is 24.7 Å². The molecule has 0 amide bonds. The Kier molecular flexibility index (Phi) is 32.0. The van der Waals surface area contributed by atoms with Crippen molar-refractivity contribution >= 4 is 137 Å². The number of thiol groups is 1. The summed E-state index contributed by atoms with van der Waals surface area (Å²) in [5.41, 5.74) is 0.797. The Morgan fingerprint density at radius 3 is 1.14 bits per heavy atom. The summed E-state index contributed by atoms with van der Waals surface area (Å²) in [6.07, 6.45) is 3.19. The number of fused-ring (bicyclic) bond motifs is 3. The number of aliphatic hydroxyl groups excluding tert-OH is 3. The summed E-state index contributed by atoms with van der Waals surface area (Å²) in [5, 5.41) is 29.0. The Hall–Kier alpha value is -5.88. The van der Waals surface area contributed by atoms with Crippen molar-refractivity contribution in [3.05, 3.63) is 172 Å². The summed E-state index contributed by atoms with van der Waals surface area (Å²) < 4.78 is 43.2. The molecule has 0 aliphatic rings. The van der Waals surface area contributed by atoms with Crippen LogP contribution in [0.2, 0.25) is 20.4 Å². The lowest BCUT2D eigenvalue weighted by molar-refractivity contribution is 0.277. The van der Waals surface area contributed by atoms with Gasteiger partial charge in [-0.05, 0) is 130 Å². The molecule has 9 rings (SSSR count). The van der Waals surface area contributed by atoms with E-state index in [0.29, 0.717) is 84.3 Å². The fraction of sp³-hybridized carbons (Fsp3) is 0.459. The van der Waals surface area contributed by atoms with E-state index >= 15 is 0 Å². The number of sulfone groups is 1. The molecule has 0 aliphatic carbocycles. The van der Waals surface area contributed by atoms with Gasteiger partial charge < -0.3 is 29.2 Å². The molecule has 3 N–H and O–H groups in total. The average Bonchev–Trinajstić information content (AvgIpc) is 1.62. The zero-order valence-corrected chi connectivity index (χ0v) is 59.7. The predicted molar refractivity (Wildman–Crippen MR) is 377 cm³/mol.